The van der Waals surface area contributed by atoms with Gasteiger partial charge in [-0.2, -0.15) is 0 Å². The smallest absolute Gasteiger partial charge is 0.120 e. The third-order valence-electron chi connectivity index (χ3n) is 3.35. The van der Waals surface area contributed by atoms with E-state index in [2.05, 4.69) is 54.0 Å². The standard InChI is InChI=1S/C17H17NOS/c1-13(15-9-5-11-19-15)18-17(16-10-6-12-20-16)14-7-3-2-4-8-14/h2-13,17-18H,1H3. The van der Waals surface area contributed by atoms with Crippen LogP contribution in [0, 0.1) is 0 Å². The molecule has 0 saturated heterocycles. The summed E-state index contributed by atoms with van der Waals surface area (Å²) in [6.45, 7) is 2.13. The Morgan fingerprint density at radius 2 is 1.85 bits per heavy atom. The van der Waals surface area contributed by atoms with Gasteiger partial charge in [-0.25, -0.2) is 0 Å². The van der Waals surface area contributed by atoms with Gasteiger partial charge in [-0.1, -0.05) is 36.4 Å². The Morgan fingerprint density at radius 1 is 1.00 bits per heavy atom. The molecule has 0 bridgehead atoms. The first-order chi connectivity index (χ1) is 9.84. The summed E-state index contributed by atoms with van der Waals surface area (Å²) in [5.74, 6) is 0.961. The zero-order chi connectivity index (χ0) is 13.8. The fraction of sp³-hybridized carbons (Fsp3) is 0.176. The summed E-state index contributed by atoms with van der Waals surface area (Å²) < 4.78 is 5.49. The Morgan fingerprint density at radius 3 is 2.50 bits per heavy atom. The minimum Gasteiger partial charge on any atom is -0.468 e. The van der Waals surface area contributed by atoms with Crippen molar-refractivity contribution >= 4 is 11.3 Å². The molecule has 3 aromatic rings. The first kappa shape index (κ1) is 13.2. The highest BCUT2D eigenvalue weighted by Gasteiger charge is 2.19. The summed E-state index contributed by atoms with van der Waals surface area (Å²) in [6.07, 6.45) is 1.72. The molecular formula is C17H17NOS. The minimum absolute atomic E-state index is 0.164. The van der Waals surface area contributed by atoms with E-state index in [9.17, 15) is 0 Å². The second kappa shape index (κ2) is 6.07. The maximum atomic E-state index is 5.49. The van der Waals surface area contributed by atoms with Gasteiger partial charge in [0.25, 0.3) is 0 Å². The molecule has 0 radical (unpaired) electrons. The van der Waals surface area contributed by atoms with E-state index in [0.29, 0.717) is 0 Å². The Labute approximate surface area is 123 Å². The molecular weight excluding hydrogens is 266 g/mol. The fourth-order valence-electron chi connectivity index (χ4n) is 2.31. The van der Waals surface area contributed by atoms with Crippen molar-refractivity contribution in [1.82, 2.24) is 5.32 Å². The zero-order valence-corrected chi connectivity index (χ0v) is 12.1. The van der Waals surface area contributed by atoms with Crippen LogP contribution < -0.4 is 5.32 Å². The van der Waals surface area contributed by atoms with Gasteiger partial charge in [0.2, 0.25) is 0 Å². The molecule has 20 heavy (non-hydrogen) atoms. The first-order valence-corrected chi connectivity index (χ1v) is 7.60. The molecule has 0 aliphatic rings. The molecule has 0 saturated carbocycles. The Kier molecular flexibility index (Phi) is 4.00. The second-order valence-electron chi connectivity index (χ2n) is 4.76. The molecule has 1 aromatic carbocycles. The number of hydrogen-bond acceptors (Lipinski definition) is 3. The molecule has 102 valence electrons. The summed E-state index contributed by atoms with van der Waals surface area (Å²) >= 11 is 1.77. The molecule has 0 aliphatic heterocycles. The molecule has 2 aromatic heterocycles. The van der Waals surface area contributed by atoms with E-state index in [1.807, 2.05) is 18.2 Å². The number of nitrogens with one attached hydrogen (secondary N) is 1. The van der Waals surface area contributed by atoms with Gasteiger partial charge in [0.15, 0.2) is 0 Å². The van der Waals surface area contributed by atoms with Gasteiger partial charge in [-0.15, -0.1) is 11.3 Å². The quantitative estimate of drug-likeness (QED) is 0.729. The molecule has 2 nitrogen and oxygen atoms in total. The van der Waals surface area contributed by atoms with Crippen molar-refractivity contribution in [2.45, 2.75) is 19.0 Å². The Bertz CT molecular complexity index is 616. The normalized spacial score (nSPS) is 14.1. The Hall–Kier alpha value is -1.84. The van der Waals surface area contributed by atoms with Gasteiger partial charge in [-0.05, 0) is 36.1 Å². The molecule has 3 rings (SSSR count). The molecule has 0 fully saturated rings. The van der Waals surface area contributed by atoms with Gasteiger partial charge >= 0.3 is 0 Å². The van der Waals surface area contributed by atoms with E-state index in [1.165, 1.54) is 10.4 Å². The number of furan rings is 1. The van der Waals surface area contributed by atoms with Crippen LogP contribution in [0.3, 0.4) is 0 Å². The monoisotopic (exact) mass is 283 g/mol. The van der Waals surface area contributed by atoms with Crippen LogP contribution in [0.1, 0.15) is 35.2 Å². The van der Waals surface area contributed by atoms with E-state index in [0.717, 1.165) is 5.76 Å². The van der Waals surface area contributed by atoms with Crippen LogP contribution in [0.25, 0.3) is 0 Å². The Balaban J connectivity index is 1.87. The van der Waals surface area contributed by atoms with Gasteiger partial charge < -0.3 is 4.42 Å². The van der Waals surface area contributed by atoms with Crippen molar-refractivity contribution in [3.63, 3.8) is 0 Å². The van der Waals surface area contributed by atoms with Crippen LogP contribution in [0.15, 0.2) is 70.7 Å². The van der Waals surface area contributed by atoms with Crippen molar-refractivity contribution in [2.24, 2.45) is 0 Å². The molecule has 2 atom stereocenters. The van der Waals surface area contributed by atoms with E-state index in [-0.39, 0.29) is 12.1 Å². The van der Waals surface area contributed by atoms with Crippen LogP contribution in [0.5, 0.6) is 0 Å². The molecule has 3 heteroatoms. The van der Waals surface area contributed by atoms with Crippen molar-refractivity contribution < 1.29 is 4.42 Å². The number of hydrogen-bond donors (Lipinski definition) is 1. The van der Waals surface area contributed by atoms with E-state index in [4.69, 9.17) is 4.42 Å². The number of benzene rings is 1. The maximum Gasteiger partial charge on any atom is 0.120 e. The highest BCUT2D eigenvalue weighted by Crippen LogP contribution is 2.28. The van der Waals surface area contributed by atoms with Crippen LogP contribution >= 0.6 is 11.3 Å². The summed E-state index contributed by atoms with van der Waals surface area (Å²) in [7, 11) is 0. The molecule has 0 aliphatic carbocycles. The molecule has 2 unspecified atom stereocenters. The predicted molar refractivity (Wildman–Crippen MR) is 82.9 cm³/mol. The van der Waals surface area contributed by atoms with Crippen LogP contribution in [0.2, 0.25) is 0 Å². The summed E-state index contributed by atoms with van der Waals surface area (Å²) in [5, 5.41) is 5.77. The molecule has 0 amide bonds. The van der Waals surface area contributed by atoms with Crippen molar-refractivity contribution in [2.75, 3.05) is 0 Å². The first-order valence-electron chi connectivity index (χ1n) is 6.72. The van der Waals surface area contributed by atoms with Crippen LogP contribution in [0.4, 0.5) is 0 Å². The molecule has 2 heterocycles. The highest BCUT2D eigenvalue weighted by atomic mass is 32.1. The average molecular weight is 283 g/mol. The lowest BCUT2D eigenvalue weighted by Gasteiger charge is -2.22. The van der Waals surface area contributed by atoms with Crippen LogP contribution in [-0.4, -0.2) is 0 Å². The number of rotatable bonds is 5. The van der Waals surface area contributed by atoms with Crippen molar-refractivity contribution in [3.05, 3.63) is 82.4 Å². The van der Waals surface area contributed by atoms with E-state index >= 15 is 0 Å². The highest BCUT2D eigenvalue weighted by molar-refractivity contribution is 7.10. The van der Waals surface area contributed by atoms with Gasteiger partial charge in [0.05, 0.1) is 18.3 Å². The van der Waals surface area contributed by atoms with Crippen molar-refractivity contribution in [3.8, 4) is 0 Å². The number of thiophene rings is 1. The average Bonchev–Trinajstić information content (AvgIpc) is 3.18. The van der Waals surface area contributed by atoms with Gasteiger partial charge in [0, 0.05) is 4.88 Å². The van der Waals surface area contributed by atoms with Crippen LogP contribution in [-0.2, 0) is 0 Å². The SMILES string of the molecule is CC(NC(c1ccccc1)c1cccs1)c1ccco1. The minimum atomic E-state index is 0.164. The van der Waals surface area contributed by atoms with E-state index < -0.39 is 0 Å². The van der Waals surface area contributed by atoms with Gasteiger partial charge in [-0.3, -0.25) is 5.32 Å². The van der Waals surface area contributed by atoms with Crippen molar-refractivity contribution in [1.29, 1.82) is 0 Å². The third kappa shape index (κ3) is 2.84. The largest absolute Gasteiger partial charge is 0.468 e. The molecule has 0 spiro atoms. The zero-order valence-electron chi connectivity index (χ0n) is 11.3. The lowest BCUT2D eigenvalue weighted by atomic mass is 10.0. The predicted octanol–water partition coefficient (Wildman–Crippen LogP) is 4.78. The molecule has 1 N–H and O–H groups in total. The lowest BCUT2D eigenvalue weighted by Crippen LogP contribution is -2.24. The maximum absolute atomic E-state index is 5.49. The topological polar surface area (TPSA) is 25.2 Å². The van der Waals surface area contributed by atoms with E-state index in [1.54, 1.807) is 17.6 Å². The fourth-order valence-corrected chi connectivity index (χ4v) is 3.13. The summed E-state index contributed by atoms with van der Waals surface area (Å²) in [4.78, 5) is 1.31. The van der Waals surface area contributed by atoms with Gasteiger partial charge in [0.1, 0.15) is 5.76 Å². The third-order valence-corrected chi connectivity index (χ3v) is 4.28. The second-order valence-corrected chi connectivity index (χ2v) is 5.74. The summed E-state index contributed by atoms with van der Waals surface area (Å²) in [6, 6.07) is 19.1. The lowest BCUT2D eigenvalue weighted by molar-refractivity contribution is 0.413. The summed E-state index contributed by atoms with van der Waals surface area (Å²) in [5.41, 5.74) is 1.27.